The number of ether oxygens (including phenoxy) is 1. The highest BCUT2D eigenvalue weighted by atomic mass is 35.5. The largest absolute Gasteiger partial charge is 0.491 e. The SMILES string of the molecule is Cl.OC(COc1ccc(Cl)cc1)Cn1c(C2CCCC2)nc2ccccc21. The third-order valence-electron chi connectivity index (χ3n) is 5.05. The molecule has 1 N–H and O–H groups in total. The molecule has 144 valence electrons. The normalized spacial score (nSPS) is 15.6. The number of benzene rings is 2. The summed E-state index contributed by atoms with van der Waals surface area (Å²) in [6.07, 6.45) is 4.27. The van der Waals surface area contributed by atoms with Gasteiger partial charge in [-0.1, -0.05) is 36.6 Å². The second-order valence-electron chi connectivity index (χ2n) is 6.97. The summed E-state index contributed by atoms with van der Waals surface area (Å²) >= 11 is 5.89. The molecule has 6 heteroatoms. The maximum absolute atomic E-state index is 10.6. The van der Waals surface area contributed by atoms with Gasteiger partial charge in [-0.05, 0) is 49.2 Å². The molecule has 0 aliphatic heterocycles. The van der Waals surface area contributed by atoms with Crippen LogP contribution in [0.2, 0.25) is 5.02 Å². The second kappa shape index (κ2) is 8.96. The van der Waals surface area contributed by atoms with Crippen molar-refractivity contribution in [1.82, 2.24) is 9.55 Å². The molecule has 4 rings (SSSR count). The lowest BCUT2D eigenvalue weighted by Crippen LogP contribution is -2.25. The van der Waals surface area contributed by atoms with Crippen molar-refractivity contribution >= 4 is 35.0 Å². The molecular formula is C21H24Cl2N2O2. The Morgan fingerprint density at radius 2 is 1.81 bits per heavy atom. The molecular weight excluding hydrogens is 383 g/mol. The molecule has 0 amide bonds. The van der Waals surface area contributed by atoms with E-state index in [1.165, 1.54) is 25.7 Å². The minimum atomic E-state index is -0.608. The van der Waals surface area contributed by atoms with Crippen LogP contribution in [0.5, 0.6) is 5.75 Å². The van der Waals surface area contributed by atoms with Gasteiger partial charge in [0.1, 0.15) is 24.3 Å². The average molecular weight is 407 g/mol. The van der Waals surface area contributed by atoms with Gasteiger partial charge in [-0.3, -0.25) is 0 Å². The van der Waals surface area contributed by atoms with Crippen LogP contribution in [0.3, 0.4) is 0 Å². The van der Waals surface area contributed by atoms with Crippen molar-refractivity contribution < 1.29 is 9.84 Å². The Morgan fingerprint density at radius 1 is 1.11 bits per heavy atom. The van der Waals surface area contributed by atoms with Gasteiger partial charge in [-0.25, -0.2) is 4.98 Å². The van der Waals surface area contributed by atoms with Gasteiger partial charge in [0.2, 0.25) is 0 Å². The van der Waals surface area contributed by atoms with E-state index in [9.17, 15) is 5.11 Å². The molecule has 1 fully saturated rings. The zero-order chi connectivity index (χ0) is 17.9. The number of imidazole rings is 1. The van der Waals surface area contributed by atoms with E-state index in [0.29, 0.717) is 23.2 Å². The summed E-state index contributed by atoms with van der Waals surface area (Å²) in [6.45, 7) is 0.720. The highest BCUT2D eigenvalue weighted by Gasteiger charge is 2.24. The number of nitrogens with zero attached hydrogens (tertiary/aromatic N) is 2. The maximum Gasteiger partial charge on any atom is 0.119 e. The lowest BCUT2D eigenvalue weighted by molar-refractivity contribution is 0.0924. The summed E-state index contributed by atoms with van der Waals surface area (Å²) in [5.41, 5.74) is 2.08. The molecule has 27 heavy (non-hydrogen) atoms. The predicted molar refractivity (Wildman–Crippen MR) is 111 cm³/mol. The molecule has 1 saturated carbocycles. The monoisotopic (exact) mass is 406 g/mol. The summed E-state index contributed by atoms with van der Waals surface area (Å²) in [6, 6.07) is 15.3. The quantitative estimate of drug-likeness (QED) is 0.610. The van der Waals surface area contributed by atoms with E-state index in [1.54, 1.807) is 12.1 Å². The van der Waals surface area contributed by atoms with Gasteiger partial charge in [0.05, 0.1) is 17.6 Å². The number of fused-ring (bicyclic) bond motifs is 1. The number of aliphatic hydroxyl groups is 1. The molecule has 1 aliphatic rings. The Morgan fingerprint density at radius 3 is 2.56 bits per heavy atom. The van der Waals surface area contributed by atoms with E-state index in [0.717, 1.165) is 16.9 Å². The summed E-state index contributed by atoms with van der Waals surface area (Å²) in [7, 11) is 0. The summed E-state index contributed by atoms with van der Waals surface area (Å²) in [4.78, 5) is 4.87. The van der Waals surface area contributed by atoms with Gasteiger partial charge >= 0.3 is 0 Å². The standard InChI is InChI=1S/C21H23ClN2O2.ClH/c22-16-9-11-18(12-10-16)26-14-17(25)13-24-20-8-4-3-7-19(20)23-21(24)15-5-1-2-6-15;/h3-4,7-12,15,17,25H,1-2,5-6,13-14H2;1H. The summed E-state index contributed by atoms with van der Waals surface area (Å²) in [5, 5.41) is 11.2. The third kappa shape index (κ3) is 4.57. The van der Waals surface area contributed by atoms with E-state index in [4.69, 9.17) is 21.3 Å². The Labute approximate surface area is 170 Å². The van der Waals surface area contributed by atoms with Crippen LogP contribution in [-0.2, 0) is 6.54 Å². The maximum atomic E-state index is 10.6. The highest BCUT2D eigenvalue weighted by Crippen LogP contribution is 2.35. The number of rotatable bonds is 6. The first-order valence-electron chi connectivity index (χ1n) is 9.22. The van der Waals surface area contributed by atoms with Crippen LogP contribution in [-0.4, -0.2) is 27.4 Å². The first kappa shape index (κ1) is 20.0. The Kier molecular flexibility index (Phi) is 6.64. The van der Waals surface area contributed by atoms with Crippen LogP contribution in [0.15, 0.2) is 48.5 Å². The lowest BCUT2D eigenvalue weighted by Gasteiger charge is -2.18. The number of para-hydroxylation sites is 2. The lowest BCUT2D eigenvalue weighted by atomic mass is 10.1. The Balaban J connectivity index is 0.00000210. The molecule has 0 spiro atoms. The average Bonchev–Trinajstić information content (AvgIpc) is 3.30. The van der Waals surface area contributed by atoms with Gasteiger partial charge in [0, 0.05) is 10.9 Å². The van der Waals surface area contributed by atoms with Gasteiger partial charge < -0.3 is 14.4 Å². The molecule has 1 heterocycles. The van der Waals surface area contributed by atoms with Gasteiger partial charge in [0.25, 0.3) is 0 Å². The number of aliphatic hydroxyl groups excluding tert-OH is 1. The number of aromatic nitrogens is 2. The minimum Gasteiger partial charge on any atom is -0.491 e. The third-order valence-corrected chi connectivity index (χ3v) is 5.31. The Hall–Kier alpha value is -1.75. The molecule has 1 unspecified atom stereocenters. The molecule has 3 aromatic rings. The fourth-order valence-electron chi connectivity index (χ4n) is 3.77. The number of halogens is 2. The summed E-state index contributed by atoms with van der Waals surface area (Å²) in [5.74, 6) is 2.31. The Bertz CT molecular complexity index is 874. The summed E-state index contributed by atoms with van der Waals surface area (Å²) < 4.78 is 7.89. The molecule has 1 aliphatic carbocycles. The first-order chi connectivity index (χ1) is 12.7. The van der Waals surface area contributed by atoms with Crippen LogP contribution < -0.4 is 4.74 Å². The minimum absolute atomic E-state index is 0. The highest BCUT2D eigenvalue weighted by molar-refractivity contribution is 6.30. The van der Waals surface area contributed by atoms with E-state index < -0.39 is 6.10 Å². The molecule has 4 nitrogen and oxygen atoms in total. The van der Waals surface area contributed by atoms with Crippen molar-refractivity contribution in [3.05, 3.63) is 59.4 Å². The topological polar surface area (TPSA) is 47.3 Å². The van der Waals surface area contributed by atoms with Crippen LogP contribution in [0.4, 0.5) is 0 Å². The molecule has 0 bridgehead atoms. The van der Waals surface area contributed by atoms with E-state index in [-0.39, 0.29) is 19.0 Å². The zero-order valence-corrected chi connectivity index (χ0v) is 16.6. The van der Waals surface area contributed by atoms with E-state index >= 15 is 0 Å². The molecule has 1 aromatic heterocycles. The fraction of sp³-hybridized carbons (Fsp3) is 0.381. The fourth-order valence-corrected chi connectivity index (χ4v) is 3.89. The second-order valence-corrected chi connectivity index (χ2v) is 7.41. The number of hydrogen-bond acceptors (Lipinski definition) is 3. The van der Waals surface area contributed by atoms with Crippen LogP contribution in [0.1, 0.15) is 37.4 Å². The molecule has 0 radical (unpaired) electrons. The first-order valence-corrected chi connectivity index (χ1v) is 9.60. The van der Waals surface area contributed by atoms with Gasteiger partial charge in [-0.2, -0.15) is 0 Å². The van der Waals surface area contributed by atoms with Gasteiger partial charge in [-0.15, -0.1) is 12.4 Å². The van der Waals surface area contributed by atoms with Crippen LogP contribution >= 0.6 is 24.0 Å². The van der Waals surface area contributed by atoms with E-state index in [1.807, 2.05) is 30.3 Å². The van der Waals surface area contributed by atoms with Crippen molar-refractivity contribution in [2.75, 3.05) is 6.61 Å². The van der Waals surface area contributed by atoms with Crippen molar-refractivity contribution in [1.29, 1.82) is 0 Å². The molecule has 1 atom stereocenters. The van der Waals surface area contributed by atoms with Crippen molar-refractivity contribution in [2.24, 2.45) is 0 Å². The smallest absolute Gasteiger partial charge is 0.119 e. The molecule has 0 saturated heterocycles. The zero-order valence-electron chi connectivity index (χ0n) is 15.1. The van der Waals surface area contributed by atoms with Crippen LogP contribution in [0, 0.1) is 0 Å². The van der Waals surface area contributed by atoms with Crippen LogP contribution in [0.25, 0.3) is 11.0 Å². The van der Waals surface area contributed by atoms with Gasteiger partial charge in [0.15, 0.2) is 0 Å². The van der Waals surface area contributed by atoms with E-state index in [2.05, 4.69) is 10.6 Å². The number of hydrogen-bond donors (Lipinski definition) is 1. The van der Waals surface area contributed by atoms with Crippen molar-refractivity contribution in [2.45, 2.75) is 44.2 Å². The van der Waals surface area contributed by atoms with Crippen molar-refractivity contribution in [3.63, 3.8) is 0 Å². The predicted octanol–water partition coefficient (Wildman–Crippen LogP) is 5.21. The molecule has 2 aromatic carbocycles. The van der Waals surface area contributed by atoms with Crippen molar-refractivity contribution in [3.8, 4) is 5.75 Å².